The summed E-state index contributed by atoms with van der Waals surface area (Å²) in [5.41, 5.74) is 0. The molecule has 0 atom stereocenters. The Morgan fingerprint density at radius 3 is 1.86 bits per heavy atom. The molecule has 0 amide bonds. The van der Waals surface area contributed by atoms with Crippen molar-refractivity contribution in [2.24, 2.45) is 0 Å². The van der Waals surface area contributed by atoms with Crippen LogP contribution < -0.4 is 0 Å². The highest BCUT2D eigenvalue weighted by atomic mass is 19.4. The third kappa shape index (κ3) is 11.6. The van der Waals surface area contributed by atoms with Crippen LogP contribution in [0.1, 0.15) is 0 Å². The average molecular weight is 218 g/mol. The fourth-order valence-electron chi connectivity index (χ4n) is 0.603. The molecule has 0 aliphatic carbocycles. The molecule has 0 aliphatic rings. The van der Waals surface area contributed by atoms with Crippen LogP contribution in [0, 0.1) is 0 Å². The first-order valence-electron chi connectivity index (χ1n) is 4.03. The van der Waals surface area contributed by atoms with Gasteiger partial charge in [0, 0.05) is 0 Å². The summed E-state index contributed by atoms with van der Waals surface area (Å²) in [6, 6.07) is 0. The lowest BCUT2D eigenvalue weighted by molar-refractivity contribution is -0.327. The van der Waals surface area contributed by atoms with E-state index in [-0.39, 0.29) is 33.0 Å². The Morgan fingerprint density at radius 2 is 1.36 bits per heavy atom. The van der Waals surface area contributed by atoms with Gasteiger partial charge >= 0.3 is 6.36 Å². The Hall–Kier alpha value is -0.370. The second kappa shape index (κ2) is 7.98. The molecule has 0 aliphatic heterocycles. The van der Waals surface area contributed by atoms with Gasteiger partial charge in [-0.15, -0.1) is 13.2 Å². The lowest BCUT2D eigenvalue weighted by Gasteiger charge is -2.07. The van der Waals surface area contributed by atoms with Gasteiger partial charge in [-0.25, -0.2) is 0 Å². The van der Waals surface area contributed by atoms with Crippen LogP contribution in [0.3, 0.4) is 0 Å². The summed E-state index contributed by atoms with van der Waals surface area (Å²) in [6.45, 7) is -0.126. The van der Waals surface area contributed by atoms with Crippen molar-refractivity contribution in [3.8, 4) is 0 Å². The van der Waals surface area contributed by atoms with Crippen LogP contribution in [0.4, 0.5) is 13.2 Å². The predicted molar refractivity (Wildman–Crippen MR) is 40.7 cm³/mol. The molecule has 0 unspecified atom stereocenters. The molecule has 0 aromatic carbocycles. The molecule has 0 rings (SSSR count). The van der Waals surface area contributed by atoms with Crippen molar-refractivity contribution in [3.05, 3.63) is 0 Å². The second-order valence-corrected chi connectivity index (χ2v) is 2.24. The van der Waals surface area contributed by atoms with E-state index in [9.17, 15) is 13.2 Å². The van der Waals surface area contributed by atoms with Crippen molar-refractivity contribution < 1.29 is 32.5 Å². The van der Waals surface area contributed by atoms with Crippen molar-refractivity contribution in [1.29, 1.82) is 0 Å². The summed E-state index contributed by atoms with van der Waals surface area (Å²) in [4.78, 5) is 0. The lowest BCUT2D eigenvalue weighted by Crippen LogP contribution is -2.18. The number of hydrogen-bond donors (Lipinski definition) is 1. The maximum absolute atomic E-state index is 11.4. The Balaban J connectivity index is 2.99. The van der Waals surface area contributed by atoms with E-state index in [1.54, 1.807) is 0 Å². The Labute approximate surface area is 79.6 Å². The first kappa shape index (κ1) is 13.6. The number of halogens is 3. The van der Waals surface area contributed by atoms with E-state index in [4.69, 9.17) is 14.6 Å². The molecule has 4 nitrogen and oxygen atoms in total. The van der Waals surface area contributed by atoms with Gasteiger partial charge in [0.2, 0.25) is 0 Å². The van der Waals surface area contributed by atoms with Gasteiger partial charge in [0.1, 0.15) is 0 Å². The zero-order valence-corrected chi connectivity index (χ0v) is 7.55. The van der Waals surface area contributed by atoms with Crippen molar-refractivity contribution in [3.63, 3.8) is 0 Å². The van der Waals surface area contributed by atoms with Crippen LogP contribution in [0.2, 0.25) is 0 Å². The zero-order valence-electron chi connectivity index (χ0n) is 7.55. The van der Waals surface area contributed by atoms with Crippen LogP contribution in [0.5, 0.6) is 0 Å². The number of alkyl halides is 3. The van der Waals surface area contributed by atoms with Crippen molar-refractivity contribution in [2.45, 2.75) is 6.36 Å². The number of hydrogen-bond acceptors (Lipinski definition) is 4. The van der Waals surface area contributed by atoms with E-state index in [2.05, 4.69) is 4.74 Å². The third-order valence-corrected chi connectivity index (χ3v) is 1.10. The maximum Gasteiger partial charge on any atom is 0.522 e. The summed E-state index contributed by atoms with van der Waals surface area (Å²) in [5.74, 6) is 0. The number of aliphatic hydroxyl groups is 1. The van der Waals surface area contributed by atoms with Crippen molar-refractivity contribution in [2.75, 3.05) is 39.6 Å². The number of ether oxygens (including phenoxy) is 3. The fourth-order valence-corrected chi connectivity index (χ4v) is 0.603. The van der Waals surface area contributed by atoms with Crippen LogP contribution in [-0.4, -0.2) is 51.1 Å². The third-order valence-electron chi connectivity index (χ3n) is 1.10. The first-order valence-corrected chi connectivity index (χ1v) is 4.03. The number of rotatable bonds is 8. The smallest absolute Gasteiger partial charge is 0.394 e. The van der Waals surface area contributed by atoms with Gasteiger partial charge in [0.25, 0.3) is 0 Å². The van der Waals surface area contributed by atoms with Gasteiger partial charge in [-0.2, -0.15) is 0 Å². The molecule has 0 spiro atoms. The quantitative estimate of drug-likeness (QED) is 0.604. The van der Waals surface area contributed by atoms with Gasteiger partial charge in [0.05, 0.1) is 39.6 Å². The molecule has 7 heteroatoms. The minimum Gasteiger partial charge on any atom is -0.394 e. The van der Waals surface area contributed by atoms with Crippen LogP contribution in [0.25, 0.3) is 0 Å². The van der Waals surface area contributed by atoms with Crippen molar-refractivity contribution in [1.82, 2.24) is 0 Å². The Morgan fingerprint density at radius 1 is 0.857 bits per heavy atom. The summed E-state index contributed by atoms with van der Waals surface area (Å²) in [5, 5.41) is 8.29. The van der Waals surface area contributed by atoms with Gasteiger partial charge in [0.15, 0.2) is 0 Å². The summed E-state index contributed by atoms with van der Waals surface area (Å²) < 4.78 is 47.2. The molecule has 0 fully saturated rings. The van der Waals surface area contributed by atoms with Gasteiger partial charge in [-0.1, -0.05) is 0 Å². The highest BCUT2D eigenvalue weighted by Gasteiger charge is 2.28. The van der Waals surface area contributed by atoms with E-state index in [1.807, 2.05) is 0 Å². The van der Waals surface area contributed by atoms with Crippen LogP contribution in [0.15, 0.2) is 0 Å². The molecule has 0 bridgehead atoms. The topological polar surface area (TPSA) is 47.9 Å². The standard InChI is InChI=1S/C7H13F3O4/c8-7(9,10)14-6-5-13-4-3-12-2-1-11/h11H,1-6H2. The summed E-state index contributed by atoms with van der Waals surface area (Å²) in [6.07, 6.45) is -4.60. The first-order chi connectivity index (χ1) is 6.56. The largest absolute Gasteiger partial charge is 0.522 e. The monoisotopic (exact) mass is 218 g/mol. The molecule has 0 radical (unpaired) electrons. The van der Waals surface area contributed by atoms with E-state index >= 15 is 0 Å². The number of aliphatic hydroxyl groups excluding tert-OH is 1. The van der Waals surface area contributed by atoms with E-state index in [1.165, 1.54) is 0 Å². The zero-order chi connectivity index (χ0) is 10.9. The highest BCUT2D eigenvalue weighted by Crippen LogP contribution is 2.15. The van der Waals surface area contributed by atoms with E-state index in [0.717, 1.165) is 0 Å². The highest BCUT2D eigenvalue weighted by molar-refractivity contribution is 4.34. The van der Waals surface area contributed by atoms with E-state index in [0.29, 0.717) is 0 Å². The molecule has 0 heterocycles. The van der Waals surface area contributed by atoms with Gasteiger partial charge < -0.3 is 14.6 Å². The van der Waals surface area contributed by atoms with Crippen molar-refractivity contribution >= 4 is 0 Å². The minimum atomic E-state index is -4.60. The van der Waals surface area contributed by atoms with Gasteiger partial charge in [-0.05, 0) is 0 Å². The molecular weight excluding hydrogens is 205 g/mol. The minimum absolute atomic E-state index is 0.0861. The molecule has 0 aromatic heterocycles. The predicted octanol–water partition coefficient (Wildman–Crippen LogP) is 0.548. The summed E-state index contributed by atoms with van der Waals surface area (Å²) in [7, 11) is 0. The molecule has 0 saturated heterocycles. The maximum atomic E-state index is 11.4. The normalized spacial score (nSPS) is 12.0. The Bertz CT molecular complexity index is 129. The Kier molecular flexibility index (Phi) is 7.77. The lowest BCUT2D eigenvalue weighted by atomic mass is 10.7. The molecule has 86 valence electrons. The summed E-state index contributed by atoms with van der Waals surface area (Å²) >= 11 is 0. The van der Waals surface area contributed by atoms with E-state index < -0.39 is 13.0 Å². The SMILES string of the molecule is OCCOCCOCCOC(F)(F)F. The molecule has 14 heavy (non-hydrogen) atoms. The molecule has 0 aromatic rings. The second-order valence-electron chi connectivity index (χ2n) is 2.24. The average Bonchev–Trinajstić information content (AvgIpc) is 2.08. The molecule has 1 N–H and O–H groups in total. The fraction of sp³-hybridized carbons (Fsp3) is 1.00. The molecule has 0 saturated carbocycles. The van der Waals surface area contributed by atoms with Gasteiger partial charge in [-0.3, -0.25) is 4.74 Å². The molecular formula is C7H13F3O4. The van der Waals surface area contributed by atoms with Crippen LogP contribution in [-0.2, 0) is 14.2 Å². The van der Waals surface area contributed by atoms with Crippen LogP contribution >= 0.6 is 0 Å².